The van der Waals surface area contributed by atoms with Crippen LogP contribution in [0.15, 0.2) is 18.2 Å². The van der Waals surface area contributed by atoms with Gasteiger partial charge in [-0.1, -0.05) is 0 Å². The van der Waals surface area contributed by atoms with E-state index in [0.717, 1.165) is 0 Å². The molecule has 1 atom stereocenters. The fourth-order valence-corrected chi connectivity index (χ4v) is 2.12. The number of rotatable bonds is 5. The van der Waals surface area contributed by atoms with E-state index in [4.69, 9.17) is 9.47 Å². The average Bonchev–Trinajstić information content (AvgIpc) is 2.42. The maximum absolute atomic E-state index is 13.2. The Hall–Kier alpha value is -1.66. The van der Waals surface area contributed by atoms with Crippen molar-refractivity contribution in [1.82, 2.24) is 5.32 Å². The summed E-state index contributed by atoms with van der Waals surface area (Å²) in [5.74, 6) is -0.0263. The summed E-state index contributed by atoms with van der Waals surface area (Å²) in [4.78, 5) is 13.9. The molecule has 0 spiro atoms. The number of fused-ring (bicyclic) bond motifs is 1. The summed E-state index contributed by atoms with van der Waals surface area (Å²) in [5, 5.41) is 3.01. The zero-order valence-corrected chi connectivity index (χ0v) is 11.7. The molecule has 0 aromatic heterocycles. The number of nitrogens with one attached hydrogen (secondary N) is 1. The van der Waals surface area contributed by atoms with Crippen molar-refractivity contribution in [3.05, 3.63) is 24.0 Å². The number of hydrogen-bond donors (Lipinski definition) is 1. The highest BCUT2D eigenvalue weighted by Gasteiger charge is 2.27. The molecule has 0 saturated carbocycles. The standard InChI is InChI=1S/C14H19FN2O3/c1-10-9-17(14(18)8-16-5-6-19-2)12-4-3-11(15)7-13(12)20-10/h3-4,7,10,16H,5-6,8-9H2,1-2H3/t10-/m1/s1. The van der Waals surface area contributed by atoms with Crippen molar-refractivity contribution in [2.75, 3.05) is 38.3 Å². The van der Waals surface area contributed by atoms with Crippen LogP contribution in [-0.4, -0.2) is 45.4 Å². The molecule has 0 saturated heterocycles. The lowest BCUT2D eigenvalue weighted by molar-refractivity contribution is -0.118. The Bertz CT molecular complexity index is 481. The highest BCUT2D eigenvalue weighted by Crippen LogP contribution is 2.33. The molecule has 1 aromatic carbocycles. The van der Waals surface area contributed by atoms with Crippen molar-refractivity contribution in [3.63, 3.8) is 0 Å². The Kier molecular flexibility index (Phi) is 4.92. The number of nitrogens with zero attached hydrogens (tertiary/aromatic N) is 1. The van der Waals surface area contributed by atoms with Gasteiger partial charge in [-0.3, -0.25) is 4.79 Å². The van der Waals surface area contributed by atoms with Crippen molar-refractivity contribution in [2.45, 2.75) is 13.0 Å². The van der Waals surface area contributed by atoms with Gasteiger partial charge in [0.05, 0.1) is 25.4 Å². The highest BCUT2D eigenvalue weighted by atomic mass is 19.1. The van der Waals surface area contributed by atoms with Crippen LogP contribution in [0.3, 0.4) is 0 Å². The monoisotopic (exact) mass is 282 g/mol. The van der Waals surface area contributed by atoms with E-state index in [1.54, 1.807) is 18.1 Å². The summed E-state index contributed by atoms with van der Waals surface area (Å²) in [6.45, 7) is 3.69. The first-order valence-electron chi connectivity index (χ1n) is 6.58. The number of ether oxygens (including phenoxy) is 2. The Morgan fingerprint density at radius 3 is 3.15 bits per heavy atom. The number of methoxy groups -OCH3 is 1. The van der Waals surface area contributed by atoms with E-state index in [9.17, 15) is 9.18 Å². The van der Waals surface area contributed by atoms with Gasteiger partial charge in [0.25, 0.3) is 0 Å². The van der Waals surface area contributed by atoms with Crippen LogP contribution in [-0.2, 0) is 9.53 Å². The van der Waals surface area contributed by atoms with Crippen LogP contribution in [0.25, 0.3) is 0 Å². The van der Waals surface area contributed by atoms with Gasteiger partial charge in [0, 0.05) is 19.7 Å². The highest BCUT2D eigenvalue weighted by molar-refractivity contribution is 5.96. The first kappa shape index (κ1) is 14.7. The minimum absolute atomic E-state index is 0.0656. The van der Waals surface area contributed by atoms with Crippen LogP contribution in [0.2, 0.25) is 0 Å². The molecular weight excluding hydrogens is 263 g/mol. The minimum atomic E-state index is -0.372. The average molecular weight is 282 g/mol. The molecule has 0 bridgehead atoms. The molecule has 1 amide bonds. The maximum atomic E-state index is 13.2. The third kappa shape index (κ3) is 3.46. The van der Waals surface area contributed by atoms with Gasteiger partial charge >= 0.3 is 0 Å². The van der Waals surface area contributed by atoms with E-state index in [0.29, 0.717) is 31.1 Å². The first-order chi connectivity index (χ1) is 9.61. The number of benzene rings is 1. The summed E-state index contributed by atoms with van der Waals surface area (Å²) in [5.41, 5.74) is 0.614. The lowest BCUT2D eigenvalue weighted by atomic mass is 10.2. The molecule has 1 aliphatic heterocycles. The molecule has 110 valence electrons. The van der Waals surface area contributed by atoms with Crippen molar-refractivity contribution in [3.8, 4) is 5.75 Å². The molecule has 1 aliphatic rings. The van der Waals surface area contributed by atoms with Gasteiger partial charge in [-0.25, -0.2) is 4.39 Å². The molecule has 5 nitrogen and oxygen atoms in total. The van der Waals surface area contributed by atoms with Gasteiger partial charge < -0.3 is 19.7 Å². The van der Waals surface area contributed by atoms with Crippen LogP contribution < -0.4 is 15.0 Å². The van der Waals surface area contributed by atoms with E-state index >= 15 is 0 Å². The molecule has 0 radical (unpaired) electrons. The molecule has 2 rings (SSSR count). The number of anilines is 1. The molecule has 0 fully saturated rings. The quantitative estimate of drug-likeness (QED) is 0.824. The Balaban J connectivity index is 2.06. The third-order valence-corrected chi connectivity index (χ3v) is 3.04. The van der Waals surface area contributed by atoms with Gasteiger partial charge in [-0.2, -0.15) is 0 Å². The first-order valence-corrected chi connectivity index (χ1v) is 6.58. The summed E-state index contributed by atoms with van der Waals surface area (Å²) >= 11 is 0. The molecule has 1 aromatic rings. The second kappa shape index (κ2) is 6.67. The van der Waals surface area contributed by atoms with Crippen molar-refractivity contribution < 1.29 is 18.7 Å². The SMILES string of the molecule is COCCNCC(=O)N1C[C@@H](C)Oc2cc(F)ccc21. The van der Waals surface area contributed by atoms with E-state index in [-0.39, 0.29) is 24.4 Å². The fourth-order valence-electron chi connectivity index (χ4n) is 2.12. The van der Waals surface area contributed by atoms with E-state index in [1.807, 2.05) is 6.92 Å². The zero-order chi connectivity index (χ0) is 14.5. The number of amides is 1. The van der Waals surface area contributed by atoms with Gasteiger partial charge in [-0.15, -0.1) is 0 Å². The smallest absolute Gasteiger partial charge is 0.241 e. The molecular formula is C14H19FN2O3. The predicted octanol–water partition coefficient (Wildman–Crippen LogP) is 1.18. The second-order valence-corrected chi connectivity index (χ2v) is 4.71. The number of carbonyl (C=O) groups excluding carboxylic acids is 1. The van der Waals surface area contributed by atoms with E-state index in [1.165, 1.54) is 12.1 Å². The van der Waals surface area contributed by atoms with E-state index < -0.39 is 0 Å². The summed E-state index contributed by atoms with van der Waals surface area (Å²) < 4.78 is 23.7. The zero-order valence-electron chi connectivity index (χ0n) is 11.7. The lowest BCUT2D eigenvalue weighted by Gasteiger charge is -2.33. The van der Waals surface area contributed by atoms with Crippen LogP contribution >= 0.6 is 0 Å². The normalized spacial score (nSPS) is 17.6. The van der Waals surface area contributed by atoms with E-state index in [2.05, 4.69) is 5.32 Å². The summed E-state index contributed by atoms with van der Waals surface area (Å²) in [6, 6.07) is 4.21. The van der Waals surface area contributed by atoms with Crippen LogP contribution in [0.1, 0.15) is 6.92 Å². The van der Waals surface area contributed by atoms with Gasteiger partial charge in [0.2, 0.25) is 5.91 Å². The van der Waals surface area contributed by atoms with Gasteiger partial charge in [-0.05, 0) is 19.1 Å². The largest absolute Gasteiger partial charge is 0.487 e. The van der Waals surface area contributed by atoms with Gasteiger partial charge in [0.15, 0.2) is 0 Å². The fraction of sp³-hybridized carbons (Fsp3) is 0.500. The number of carbonyl (C=O) groups is 1. The second-order valence-electron chi connectivity index (χ2n) is 4.71. The lowest BCUT2D eigenvalue weighted by Crippen LogP contribution is -2.46. The molecule has 6 heteroatoms. The summed E-state index contributed by atoms with van der Waals surface area (Å²) in [6.07, 6.45) is -0.160. The molecule has 1 heterocycles. The van der Waals surface area contributed by atoms with Crippen molar-refractivity contribution in [2.24, 2.45) is 0 Å². The topological polar surface area (TPSA) is 50.8 Å². The van der Waals surface area contributed by atoms with Crippen LogP contribution in [0.5, 0.6) is 5.75 Å². The Labute approximate surface area is 117 Å². The van der Waals surface area contributed by atoms with Crippen molar-refractivity contribution in [1.29, 1.82) is 0 Å². The van der Waals surface area contributed by atoms with Gasteiger partial charge in [0.1, 0.15) is 17.7 Å². The van der Waals surface area contributed by atoms with Crippen LogP contribution in [0, 0.1) is 5.82 Å². The minimum Gasteiger partial charge on any atom is -0.487 e. The molecule has 20 heavy (non-hydrogen) atoms. The number of halogens is 1. The summed E-state index contributed by atoms with van der Waals surface area (Å²) in [7, 11) is 1.61. The maximum Gasteiger partial charge on any atom is 0.241 e. The molecule has 0 unspecified atom stereocenters. The number of hydrogen-bond acceptors (Lipinski definition) is 4. The Morgan fingerprint density at radius 1 is 1.60 bits per heavy atom. The Morgan fingerprint density at radius 2 is 2.40 bits per heavy atom. The third-order valence-electron chi connectivity index (χ3n) is 3.04. The molecule has 1 N–H and O–H groups in total. The molecule has 0 aliphatic carbocycles. The van der Waals surface area contributed by atoms with Crippen LogP contribution in [0.4, 0.5) is 10.1 Å². The van der Waals surface area contributed by atoms with Crippen molar-refractivity contribution >= 4 is 11.6 Å². The predicted molar refractivity (Wildman–Crippen MR) is 73.6 cm³/mol.